The second-order valence-corrected chi connectivity index (χ2v) is 5.79. The van der Waals surface area contributed by atoms with Crippen LogP contribution in [0, 0.1) is 5.92 Å². The summed E-state index contributed by atoms with van der Waals surface area (Å²) < 4.78 is 0. The standard InChI is InChI=1S/C15H24BN3O/c1-3-13-8-11(2)9-17-6-7-19(13)15(20)12-4-5-14(16)18-10-12/h4-5,10-11,13,17H,3,6-9,16H2,1-2H3. The molecular formula is C15H24BN3O. The monoisotopic (exact) mass is 273 g/mol. The molecule has 0 saturated carbocycles. The summed E-state index contributed by atoms with van der Waals surface area (Å²) in [5, 5.41) is 3.42. The molecule has 1 aliphatic rings. The van der Waals surface area contributed by atoms with E-state index in [1.807, 2.05) is 24.9 Å². The van der Waals surface area contributed by atoms with Crippen molar-refractivity contribution in [1.29, 1.82) is 0 Å². The van der Waals surface area contributed by atoms with Gasteiger partial charge in [0.25, 0.3) is 5.91 Å². The molecule has 1 amide bonds. The molecule has 0 spiro atoms. The van der Waals surface area contributed by atoms with Crippen molar-refractivity contribution < 1.29 is 4.79 Å². The molecule has 1 aromatic heterocycles. The van der Waals surface area contributed by atoms with E-state index in [2.05, 4.69) is 24.1 Å². The maximum Gasteiger partial charge on any atom is 0.255 e. The van der Waals surface area contributed by atoms with E-state index in [4.69, 9.17) is 0 Å². The van der Waals surface area contributed by atoms with Crippen molar-refractivity contribution in [3.63, 3.8) is 0 Å². The maximum absolute atomic E-state index is 12.7. The Morgan fingerprint density at radius 1 is 1.55 bits per heavy atom. The van der Waals surface area contributed by atoms with Gasteiger partial charge in [0.15, 0.2) is 7.85 Å². The Bertz CT molecular complexity index is 449. The first kappa shape index (κ1) is 15.0. The molecule has 0 aliphatic carbocycles. The van der Waals surface area contributed by atoms with Gasteiger partial charge in [-0.05, 0) is 37.0 Å². The Hall–Kier alpha value is -1.36. The van der Waals surface area contributed by atoms with Crippen molar-refractivity contribution in [2.24, 2.45) is 5.92 Å². The maximum atomic E-state index is 12.7. The van der Waals surface area contributed by atoms with Crippen molar-refractivity contribution in [3.8, 4) is 0 Å². The Kier molecular flexibility index (Phi) is 5.18. The summed E-state index contributed by atoms with van der Waals surface area (Å²) in [5.74, 6) is 0.715. The summed E-state index contributed by atoms with van der Waals surface area (Å²) in [4.78, 5) is 19.0. The highest BCUT2D eigenvalue weighted by Gasteiger charge is 2.26. The third-order valence-electron chi connectivity index (χ3n) is 4.03. The lowest BCUT2D eigenvalue weighted by Gasteiger charge is -2.35. The van der Waals surface area contributed by atoms with Crippen LogP contribution < -0.4 is 10.9 Å². The Morgan fingerprint density at radius 3 is 3.00 bits per heavy atom. The lowest BCUT2D eigenvalue weighted by Crippen LogP contribution is -2.47. The van der Waals surface area contributed by atoms with Crippen molar-refractivity contribution in [1.82, 2.24) is 15.2 Å². The number of nitrogens with zero attached hydrogens (tertiary/aromatic N) is 2. The minimum Gasteiger partial charge on any atom is -0.334 e. The van der Waals surface area contributed by atoms with Crippen LogP contribution in [0.5, 0.6) is 0 Å². The van der Waals surface area contributed by atoms with Gasteiger partial charge < -0.3 is 10.2 Å². The predicted molar refractivity (Wildman–Crippen MR) is 84.2 cm³/mol. The van der Waals surface area contributed by atoms with E-state index in [9.17, 15) is 4.79 Å². The van der Waals surface area contributed by atoms with Gasteiger partial charge in [-0.1, -0.05) is 19.9 Å². The average Bonchev–Trinajstić information content (AvgIpc) is 2.43. The molecule has 1 aromatic rings. The molecule has 1 N–H and O–H groups in total. The van der Waals surface area contributed by atoms with Crippen molar-refractivity contribution in [2.75, 3.05) is 19.6 Å². The summed E-state index contributed by atoms with van der Waals surface area (Å²) in [5.41, 5.74) is 1.64. The van der Waals surface area contributed by atoms with E-state index in [0.29, 0.717) is 17.5 Å². The summed E-state index contributed by atoms with van der Waals surface area (Å²) >= 11 is 0. The van der Waals surface area contributed by atoms with Crippen LogP contribution in [0.1, 0.15) is 37.0 Å². The molecule has 20 heavy (non-hydrogen) atoms. The Labute approximate surface area is 122 Å². The van der Waals surface area contributed by atoms with Crippen LogP contribution in [0.15, 0.2) is 18.3 Å². The van der Waals surface area contributed by atoms with Crippen LogP contribution in [0.3, 0.4) is 0 Å². The first-order chi connectivity index (χ1) is 9.61. The zero-order valence-electron chi connectivity index (χ0n) is 12.7. The van der Waals surface area contributed by atoms with Crippen molar-refractivity contribution in [3.05, 3.63) is 23.9 Å². The fraction of sp³-hybridized carbons (Fsp3) is 0.600. The third kappa shape index (κ3) is 3.60. The SMILES string of the molecule is Bc1ccc(C(=O)N2CCNCC(C)CC2CC)cn1. The molecule has 1 fully saturated rings. The van der Waals surface area contributed by atoms with E-state index in [1.165, 1.54) is 0 Å². The summed E-state index contributed by atoms with van der Waals surface area (Å²) in [6, 6.07) is 4.12. The number of carbonyl (C=O) groups is 1. The van der Waals surface area contributed by atoms with Gasteiger partial charge in [-0.25, -0.2) is 0 Å². The number of carbonyl (C=O) groups excluding carboxylic acids is 1. The first-order valence-corrected chi connectivity index (χ1v) is 7.56. The molecule has 108 valence electrons. The molecule has 2 rings (SSSR count). The fourth-order valence-corrected chi connectivity index (χ4v) is 2.82. The second-order valence-electron chi connectivity index (χ2n) is 5.79. The number of rotatable bonds is 2. The van der Waals surface area contributed by atoms with Crippen LogP contribution >= 0.6 is 0 Å². The lowest BCUT2D eigenvalue weighted by atomic mass is 9.96. The number of nitrogens with one attached hydrogen (secondary N) is 1. The molecule has 0 radical (unpaired) electrons. The van der Waals surface area contributed by atoms with Crippen LogP contribution in [0.2, 0.25) is 0 Å². The van der Waals surface area contributed by atoms with Crippen molar-refractivity contribution >= 4 is 19.3 Å². The van der Waals surface area contributed by atoms with Gasteiger partial charge in [-0.3, -0.25) is 9.78 Å². The average molecular weight is 273 g/mol. The smallest absolute Gasteiger partial charge is 0.255 e. The molecule has 5 heteroatoms. The highest BCUT2D eigenvalue weighted by atomic mass is 16.2. The molecule has 0 aromatic carbocycles. The molecule has 2 atom stereocenters. The molecule has 2 unspecified atom stereocenters. The second kappa shape index (κ2) is 6.89. The lowest BCUT2D eigenvalue weighted by molar-refractivity contribution is 0.0630. The zero-order valence-corrected chi connectivity index (χ0v) is 12.7. The van der Waals surface area contributed by atoms with E-state index in [1.54, 1.807) is 6.20 Å². The molecule has 0 bridgehead atoms. The number of pyridine rings is 1. The van der Waals surface area contributed by atoms with E-state index in [-0.39, 0.29) is 5.91 Å². The van der Waals surface area contributed by atoms with Gasteiger partial charge in [-0.15, -0.1) is 0 Å². The number of hydrogen-bond donors (Lipinski definition) is 1. The summed E-state index contributed by atoms with van der Waals surface area (Å²) in [6.45, 7) is 7.10. The summed E-state index contributed by atoms with van der Waals surface area (Å²) in [6.07, 6.45) is 3.77. The van der Waals surface area contributed by atoms with Gasteiger partial charge in [-0.2, -0.15) is 0 Å². The van der Waals surface area contributed by atoms with Crippen LogP contribution in [0.25, 0.3) is 0 Å². The molecule has 1 saturated heterocycles. The largest absolute Gasteiger partial charge is 0.334 e. The van der Waals surface area contributed by atoms with Gasteiger partial charge in [0, 0.05) is 25.3 Å². The minimum absolute atomic E-state index is 0.111. The van der Waals surface area contributed by atoms with E-state index >= 15 is 0 Å². The normalized spacial score (nSPS) is 24.0. The molecule has 1 aliphatic heterocycles. The summed E-state index contributed by atoms with van der Waals surface area (Å²) in [7, 11) is 1.94. The highest BCUT2D eigenvalue weighted by molar-refractivity contribution is 6.30. The number of hydrogen-bond acceptors (Lipinski definition) is 3. The minimum atomic E-state index is 0.111. The highest BCUT2D eigenvalue weighted by Crippen LogP contribution is 2.18. The molecular weight excluding hydrogens is 249 g/mol. The number of amides is 1. The van der Waals surface area contributed by atoms with Gasteiger partial charge >= 0.3 is 0 Å². The van der Waals surface area contributed by atoms with Gasteiger partial charge in [0.05, 0.1) is 5.56 Å². The quantitative estimate of drug-likeness (QED) is 0.782. The zero-order chi connectivity index (χ0) is 14.5. The predicted octanol–water partition coefficient (Wildman–Crippen LogP) is 0.190. The Morgan fingerprint density at radius 2 is 2.35 bits per heavy atom. The number of aromatic nitrogens is 1. The van der Waals surface area contributed by atoms with E-state index < -0.39 is 0 Å². The van der Waals surface area contributed by atoms with Gasteiger partial charge in [0.2, 0.25) is 0 Å². The van der Waals surface area contributed by atoms with Crippen LogP contribution in [0.4, 0.5) is 0 Å². The van der Waals surface area contributed by atoms with Gasteiger partial charge in [0.1, 0.15) is 0 Å². The third-order valence-corrected chi connectivity index (χ3v) is 4.03. The fourth-order valence-electron chi connectivity index (χ4n) is 2.82. The molecule has 4 nitrogen and oxygen atoms in total. The van der Waals surface area contributed by atoms with E-state index in [0.717, 1.165) is 38.1 Å². The first-order valence-electron chi connectivity index (χ1n) is 7.56. The topological polar surface area (TPSA) is 45.2 Å². The Balaban J connectivity index is 2.17. The van der Waals surface area contributed by atoms with Crippen LogP contribution in [-0.4, -0.2) is 49.3 Å². The molecule has 2 heterocycles. The van der Waals surface area contributed by atoms with Crippen LogP contribution in [-0.2, 0) is 0 Å². The van der Waals surface area contributed by atoms with Crippen molar-refractivity contribution in [2.45, 2.75) is 32.7 Å².